The normalized spacial score (nSPS) is 10.4. The molecule has 0 saturated heterocycles. The largest absolute Gasteiger partial charge is 0.380 e. The molecular weight excluding hydrogens is 449 g/mol. The van der Waals surface area contributed by atoms with Crippen molar-refractivity contribution in [2.75, 3.05) is 18.2 Å². The van der Waals surface area contributed by atoms with Gasteiger partial charge in [0.15, 0.2) is 0 Å². The number of nitrogens with one attached hydrogen (secondary N) is 1. The number of halogens is 1. The lowest BCUT2D eigenvalue weighted by atomic mass is 10.1. The van der Waals surface area contributed by atoms with Gasteiger partial charge in [0.1, 0.15) is 11.1 Å². The number of rotatable bonds is 6. The van der Waals surface area contributed by atoms with E-state index in [4.69, 9.17) is 4.74 Å². The number of carbonyl (C=O) groups is 1. The Morgan fingerprint density at radius 3 is 2.80 bits per heavy atom. The Hall–Kier alpha value is -1.63. The van der Waals surface area contributed by atoms with Crippen LogP contribution in [0.2, 0.25) is 0 Å². The summed E-state index contributed by atoms with van der Waals surface area (Å²) < 4.78 is 6.26. The number of methoxy groups -OCH3 is 1. The van der Waals surface area contributed by atoms with Gasteiger partial charge in [-0.3, -0.25) is 4.79 Å². The predicted molar refractivity (Wildman–Crippen MR) is 108 cm³/mol. The molecule has 0 spiro atoms. The SMILES string of the molecule is COCc1cc(C)nc(SCC(=O)Nc2ccc(I)cc2C)c1C#N. The fourth-order valence-corrected chi connectivity index (χ4v) is 3.81. The minimum Gasteiger partial charge on any atom is -0.380 e. The number of hydrogen-bond acceptors (Lipinski definition) is 5. The summed E-state index contributed by atoms with van der Waals surface area (Å²) in [5, 5.41) is 12.9. The number of aromatic nitrogens is 1. The number of nitrogens with zero attached hydrogens (tertiary/aromatic N) is 2. The molecule has 5 nitrogen and oxygen atoms in total. The van der Waals surface area contributed by atoms with E-state index >= 15 is 0 Å². The van der Waals surface area contributed by atoms with Crippen molar-refractivity contribution >= 4 is 45.9 Å². The fourth-order valence-electron chi connectivity index (χ4n) is 2.29. The summed E-state index contributed by atoms with van der Waals surface area (Å²) >= 11 is 3.49. The highest BCUT2D eigenvalue weighted by Gasteiger charge is 2.14. The van der Waals surface area contributed by atoms with Gasteiger partial charge in [0.05, 0.1) is 17.9 Å². The van der Waals surface area contributed by atoms with Gasteiger partial charge >= 0.3 is 0 Å². The molecule has 0 unspecified atom stereocenters. The first-order chi connectivity index (χ1) is 11.9. The Balaban J connectivity index is 2.10. The van der Waals surface area contributed by atoms with Gasteiger partial charge in [-0.15, -0.1) is 0 Å². The molecular formula is C18H18IN3O2S. The topological polar surface area (TPSA) is 75.0 Å². The number of nitriles is 1. The molecule has 0 saturated carbocycles. The molecule has 1 amide bonds. The summed E-state index contributed by atoms with van der Waals surface area (Å²) in [7, 11) is 1.58. The van der Waals surface area contributed by atoms with Crippen LogP contribution >= 0.6 is 34.4 Å². The fraction of sp³-hybridized carbons (Fsp3) is 0.278. The van der Waals surface area contributed by atoms with E-state index in [0.29, 0.717) is 17.2 Å². The number of anilines is 1. The van der Waals surface area contributed by atoms with E-state index in [0.717, 1.165) is 26.1 Å². The number of amides is 1. The minimum atomic E-state index is -0.130. The number of carbonyl (C=O) groups excluding carboxylic acids is 1. The first kappa shape index (κ1) is 19.7. The molecule has 7 heteroatoms. The molecule has 0 radical (unpaired) electrons. The first-order valence-corrected chi connectivity index (χ1v) is 9.59. The predicted octanol–water partition coefficient (Wildman–Crippen LogP) is 4.05. The van der Waals surface area contributed by atoms with Gasteiger partial charge < -0.3 is 10.1 Å². The molecule has 1 aromatic heterocycles. The van der Waals surface area contributed by atoms with Crippen LogP contribution in [0, 0.1) is 28.7 Å². The van der Waals surface area contributed by atoms with Crippen LogP contribution in [-0.2, 0) is 16.1 Å². The average Bonchev–Trinajstić information content (AvgIpc) is 2.55. The first-order valence-electron chi connectivity index (χ1n) is 7.53. The summed E-state index contributed by atoms with van der Waals surface area (Å²) in [5.74, 6) is 0.0537. The maximum atomic E-state index is 12.2. The molecule has 2 rings (SSSR count). The Kier molecular flexibility index (Phi) is 7.23. The quantitative estimate of drug-likeness (QED) is 0.513. The highest BCUT2D eigenvalue weighted by Crippen LogP contribution is 2.25. The summed E-state index contributed by atoms with van der Waals surface area (Å²) in [5.41, 5.74) is 3.86. The summed E-state index contributed by atoms with van der Waals surface area (Å²) in [4.78, 5) is 16.6. The molecule has 25 heavy (non-hydrogen) atoms. The van der Waals surface area contributed by atoms with Gasteiger partial charge in [0.25, 0.3) is 0 Å². The van der Waals surface area contributed by atoms with Crippen LogP contribution < -0.4 is 5.32 Å². The zero-order valence-electron chi connectivity index (χ0n) is 14.2. The zero-order chi connectivity index (χ0) is 18.4. The third-order valence-corrected chi connectivity index (χ3v) is 5.06. The average molecular weight is 467 g/mol. The van der Waals surface area contributed by atoms with E-state index in [9.17, 15) is 10.1 Å². The van der Waals surface area contributed by atoms with Crippen molar-refractivity contribution in [3.05, 3.63) is 50.2 Å². The van der Waals surface area contributed by atoms with Crippen molar-refractivity contribution in [3.63, 3.8) is 0 Å². The molecule has 0 aliphatic heterocycles. The van der Waals surface area contributed by atoms with Crippen LogP contribution in [0.15, 0.2) is 29.3 Å². The van der Waals surface area contributed by atoms with Gasteiger partial charge in [0.2, 0.25) is 5.91 Å². The smallest absolute Gasteiger partial charge is 0.234 e. The van der Waals surface area contributed by atoms with Gasteiger partial charge in [-0.1, -0.05) is 11.8 Å². The number of aryl methyl sites for hydroxylation is 2. The molecule has 0 fully saturated rings. The number of hydrogen-bond donors (Lipinski definition) is 1. The second-order valence-corrected chi connectivity index (χ2v) is 7.65. The van der Waals surface area contributed by atoms with Gasteiger partial charge in [-0.25, -0.2) is 4.98 Å². The van der Waals surface area contributed by atoms with Crippen molar-refractivity contribution in [1.82, 2.24) is 4.98 Å². The molecule has 1 heterocycles. The molecule has 0 bridgehead atoms. The number of pyridine rings is 1. The van der Waals surface area contributed by atoms with Crippen LogP contribution in [0.4, 0.5) is 5.69 Å². The van der Waals surface area contributed by atoms with E-state index in [2.05, 4.69) is 39.0 Å². The molecule has 1 N–H and O–H groups in total. The van der Waals surface area contributed by atoms with E-state index < -0.39 is 0 Å². The van der Waals surface area contributed by atoms with Crippen molar-refractivity contribution in [3.8, 4) is 6.07 Å². The Morgan fingerprint density at radius 1 is 1.40 bits per heavy atom. The maximum Gasteiger partial charge on any atom is 0.234 e. The lowest BCUT2D eigenvalue weighted by Gasteiger charge is -2.11. The van der Waals surface area contributed by atoms with E-state index in [1.807, 2.05) is 38.1 Å². The Bertz CT molecular complexity index is 834. The lowest BCUT2D eigenvalue weighted by molar-refractivity contribution is -0.113. The highest BCUT2D eigenvalue weighted by molar-refractivity contribution is 14.1. The van der Waals surface area contributed by atoms with Crippen LogP contribution in [0.5, 0.6) is 0 Å². The van der Waals surface area contributed by atoms with Crippen LogP contribution in [0.1, 0.15) is 22.4 Å². The molecule has 1 aromatic carbocycles. The molecule has 0 atom stereocenters. The maximum absolute atomic E-state index is 12.2. The Morgan fingerprint density at radius 2 is 2.16 bits per heavy atom. The van der Waals surface area contributed by atoms with E-state index in [1.54, 1.807) is 7.11 Å². The third-order valence-electron chi connectivity index (χ3n) is 3.41. The molecule has 0 aliphatic carbocycles. The minimum absolute atomic E-state index is 0.130. The lowest BCUT2D eigenvalue weighted by Crippen LogP contribution is -2.15. The van der Waals surface area contributed by atoms with Gasteiger partial charge in [-0.2, -0.15) is 5.26 Å². The zero-order valence-corrected chi connectivity index (χ0v) is 17.2. The van der Waals surface area contributed by atoms with Crippen molar-refractivity contribution in [1.29, 1.82) is 5.26 Å². The van der Waals surface area contributed by atoms with Crippen LogP contribution in [-0.4, -0.2) is 23.8 Å². The number of thioether (sulfide) groups is 1. The molecule has 130 valence electrons. The monoisotopic (exact) mass is 467 g/mol. The second-order valence-electron chi connectivity index (χ2n) is 5.44. The van der Waals surface area contributed by atoms with Crippen molar-refractivity contribution in [2.45, 2.75) is 25.5 Å². The van der Waals surface area contributed by atoms with Crippen molar-refractivity contribution < 1.29 is 9.53 Å². The van der Waals surface area contributed by atoms with Crippen LogP contribution in [0.25, 0.3) is 0 Å². The van der Waals surface area contributed by atoms with E-state index in [1.165, 1.54) is 11.8 Å². The molecule has 0 aliphatic rings. The third kappa shape index (κ3) is 5.42. The molecule has 2 aromatic rings. The standard InChI is InChI=1S/C18H18IN3O2S/c1-11-6-14(19)4-5-16(11)22-17(23)10-25-18-15(8-20)13(9-24-3)7-12(2)21-18/h4-7H,9-10H2,1-3H3,(H,22,23). The Labute approximate surface area is 165 Å². The van der Waals surface area contributed by atoms with Gasteiger partial charge in [-0.05, 0) is 71.8 Å². The number of ether oxygens (including phenoxy) is 1. The van der Waals surface area contributed by atoms with Crippen LogP contribution in [0.3, 0.4) is 0 Å². The second kappa shape index (κ2) is 9.17. The summed E-state index contributed by atoms with van der Waals surface area (Å²) in [6.07, 6.45) is 0. The van der Waals surface area contributed by atoms with Crippen molar-refractivity contribution in [2.24, 2.45) is 0 Å². The highest BCUT2D eigenvalue weighted by atomic mass is 127. The summed E-state index contributed by atoms with van der Waals surface area (Å²) in [6, 6.07) is 9.85. The van der Waals surface area contributed by atoms with Gasteiger partial charge in [0, 0.05) is 22.1 Å². The number of benzene rings is 1. The van der Waals surface area contributed by atoms with E-state index in [-0.39, 0.29) is 11.7 Å². The summed E-state index contributed by atoms with van der Waals surface area (Å²) in [6.45, 7) is 4.16.